The van der Waals surface area contributed by atoms with E-state index in [1.807, 2.05) is 24.3 Å². The first-order valence-corrected chi connectivity index (χ1v) is 6.72. The molecule has 0 aliphatic rings. The molecule has 0 saturated carbocycles. The van der Waals surface area contributed by atoms with Crippen LogP contribution in [0.25, 0.3) is 5.69 Å². The van der Waals surface area contributed by atoms with Crippen LogP contribution in [0, 0.1) is 11.6 Å². The Morgan fingerprint density at radius 3 is 2.78 bits per heavy atom. The number of anilines is 1. The highest BCUT2D eigenvalue weighted by Gasteiger charge is 2.05. The predicted molar refractivity (Wildman–Crippen MR) is 81.3 cm³/mol. The molecular formula is C15H12F2N6. The Morgan fingerprint density at radius 1 is 1.17 bits per heavy atom. The zero-order chi connectivity index (χ0) is 16.2. The van der Waals surface area contributed by atoms with Gasteiger partial charge in [-0.1, -0.05) is 12.1 Å². The van der Waals surface area contributed by atoms with Crippen LogP contribution >= 0.6 is 0 Å². The van der Waals surface area contributed by atoms with Gasteiger partial charge in [0.1, 0.15) is 12.1 Å². The lowest BCUT2D eigenvalue weighted by Crippen LogP contribution is -2.03. The van der Waals surface area contributed by atoms with Crippen LogP contribution in [0.3, 0.4) is 0 Å². The average molecular weight is 314 g/mol. The van der Waals surface area contributed by atoms with Crippen LogP contribution in [0.15, 0.2) is 53.9 Å². The number of nitrogens with zero attached hydrogens (tertiary/aromatic N) is 5. The van der Waals surface area contributed by atoms with Gasteiger partial charge in [0.15, 0.2) is 5.82 Å². The van der Waals surface area contributed by atoms with E-state index in [0.717, 1.165) is 23.4 Å². The molecule has 0 atom stereocenters. The molecule has 0 saturated heterocycles. The van der Waals surface area contributed by atoms with E-state index < -0.39 is 11.6 Å². The van der Waals surface area contributed by atoms with Crippen molar-refractivity contribution in [1.82, 2.24) is 20.2 Å². The molecule has 0 aliphatic carbocycles. The van der Waals surface area contributed by atoms with Crippen molar-refractivity contribution in [1.29, 1.82) is 0 Å². The Balaban J connectivity index is 1.82. The van der Waals surface area contributed by atoms with Crippen LogP contribution in [-0.2, 0) is 0 Å². The summed E-state index contributed by atoms with van der Waals surface area (Å²) in [5.74, 6) is -1.34. The standard InChI is InChI=1S/C15H12F2N6/c1-10(19-20-15-6-5-12(16)8-14(15)17)11-3-2-4-13(7-11)23-9-18-21-22-23/h2-9,20H,1H3/b19-10-. The largest absolute Gasteiger partial charge is 0.275 e. The first kappa shape index (κ1) is 14.8. The van der Waals surface area contributed by atoms with E-state index in [1.54, 1.807) is 6.92 Å². The van der Waals surface area contributed by atoms with Gasteiger partial charge in [0.25, 0.3) is 0 Å². The van der Waals surface area contributed by atoms with Crippen molar-refractivity contribution in [3.63, 3.8) is 0 Å². The van der Waals surface area contributed by atoms with Gasteiger partial charge in [-0.3, -0.25) is 5.43 Å². The highest BCUT2D eigenvalue weighted by Crippen LogP contribution is 2.15. The van der Waals surface area contributed by atoms with Crippen molar-refractivity contribution in [3.05, 3.63) is 66.0 Å². The predicted octanol–water partition coefficient (Wildman–Crippen LogP) is 2.78. The number of hydrazone groups is 1. The van der Waals surface area contributed by atoms with E-state index >= 15 is 0 Å². The van der Waals surface area contributed by atoms with E-state index in [1.165, 1.54) is 17.1 Å². The van der Waals surface area contributed by atoms with Gasteiger partial charge in [-0.25, -0.2) is 13.5 Å². The quantitative estimate of drug-likeness (QED) is 0.594. The van der Waals surface area contributed by atoms with Gasteiger partial charge in [-0.15, -0.1) is 5.10 Å². The number of nitrogens with one attached hydrogen (secondary N) is 1. The maximum absolute atomic E-state index is 13.6. The SMILES string of the molecule is C/C(=N/Nc1ccc(F)cc1F)c1cccc(-n2cnnn2)c1. The van der Waals surface area contributed by atoms with Crippen LogP contribution in [-0.4, -0.2) is 25.9 Å². The molecule has 3 aromatic rings. The summed E-state index contributed by atoms with van der Waals surface area (Å²) in [5.41, 5.74) is 4.91. The number of rotatable bonds is 4. The summed E-state index contributed by atoms with van der Waals surface area (Å²) in [5, 5.41) is 15.1. The molecule has 0 bridgehead atoms. The molecule has 6 nitrogen and oxygen atoms in total. The molecule has 0 unspecified atom stereocenters. The smallest absolute Gasteiger partial charge is 0.151 e. The van der Waals surface area contributed by atoms with Crippen molar-refractivity contribution in [2.45, 2.75) is 6.92 Å². The molecule has 0 fully saturated rings. The molecule has 2 aromatic carbocycles. The van der Waals surface area contributed by atoms with Crippen molar-refractivity contribution in [2.75, 3.05) is 5.43 Å². The van der Waals surface area contributed by atoms with Crippen molar-refractivity contribution in [3.8, 4) is 5.69 Å². The first-order valence-electron chi connectivity index (χ1n) is 6.72. The molecule has 1 aromatic heterocycles. The number of benzene rings is 2. The second-order valence-electron chi connectivity index (χ2n) is 4.74. The van der Waals surface area contributed by atoms with Crippen LogP contribution in [0.2, 0.25) is 0 Å². The van der Waals surface area contributed by atoms with Crippen LogP contribution in [0.1, 0.15) is 12.5 Å². The number of hydrogen-bond acceptors (Lipinski definition) is 5. The molecule has 3 rings (SSSR count). The Bertz CT molecular complexity index is 845. The lowest BCUT2D eigenvalue weighted by molar-refractivity contribution is 0.585. The number of hydrogen-bond donors (Lipinski definition) is 1. The Kier molecular flexibility index (Phi) is 4.05. The maximum Gasteiger partial charge on any atom is 0.151 e. The summed E-state index contributed by atoms with van der Waals surface area (Å²) < 4.78 is 27.9. The maximum atomic E-state index is 13.6. The van der Waals surface area contributed by atoms with Gasteiger partial charge in [-0.05, 0) is 47.2 Å². The Hall–Kier alpha value is -3.16. The Labute approximate surface area is 130 Å². The van der Waals surface area contributed by atoms with E-state index in [9.17, 15) is 8.78 Å². The van der Waals surface area contributed by atoms with Crippen LogP contribution in [0.4, 0.5) is 14.5 Å². The minimum atomic E-state index is -0.705. The summed E-state index contributed by atoms with van der Waals surface area (Å²) in [4.78, 5) is 0. The first-order chi connectivity index (χ1) is 11.1. The second-order valence-corrected chi connectivity index (χ2v) is 4.74. The van der Waals surface area contributed by atoms with E-state index in [2.05, 4.69) is 26.1 Å². The fourth-order valence-corrected chi connectivity index (χ4v) is 1.94. The molecule has 1 N–H and O–H groups in total. The lowest BCUT2D eigenvalue weighted by Gasteiger charge is -2.06. The highest BCUT2D eigenvalue weighted by atomic mass is 19.1. The summed E-state index contributed by atoms with van der Waals surface area (Å²) in [6.07, 6.45) is 1.48. The zero-order valence-electron chi connectivity index (χ0n) is 12.1. The molecule has 0 spiro atoms. The summed E-state index contributed by atoms with van der Waals surface area (Å²) in [6.45, 7) is 1.77. The third-order valence-corrected chi connectivity index (χ3v) is 3.15. The number of halogens is 2. The average Bonchev–Trinajstić information content (AvgIpc) is 3.08. The molecule has 0 amide bonds. The Morgan fingerprint density at radius 2 is 2.04 bits per heavy atom. The highest BCUT2D eigenvalue weighted by molar-refractivity contribution is 5.99. The summed E-state index contributed by atoms with van der Waals surface area (Å²) in [6, 6.07) is 10.6. The van der Waals surface area contributed by atoms with E-state index in [4.69, 9.17) is 0 Å². The van der Waals surface area contributed by atoms with Gasteiger partial charge in [0.05, 0.1) is 17.1 Å². The van der Waals surface area contributed by atoms with E-state index in [0.29, 0.717) is 5.71 Å². The van der Waals surface area contributed by atoms with Crippen LogP contribution in [0.5, 0.6) is 0 Å². The third kappa shape index (κ3) is 3.37. The normalized spacial score (nSPS) is 11.5. The molecule has 8 heteroatoms. The van der Waals surface area contributed by atoms with Gasteiger partial charge >= 0.3 is 0 Å². The summed E-state index contributed by atoms with van der Waals surface area (Å²) in [7, 11) is 0. The lowest BCUT2D eigenvalue weighted by atomic mass is 10.1. The minimum Gasteiger partial charge on any atom is -0.275 e. The topological polar surface area (TPSA) is 68.0 Å². The van der Waals surface area contributed by atoms with Gasteiger partial charge < -0.3 is 0 Å². The molecular weight excluding hydrogens is 302 g/mol. The van der Waals surface area contributed by atoms with Gasteiger partial charge in [0.2, 0.25) is 0 Å². The molecule has 0 radical (unpaired) electrons. The molecule has 116 valence electrons. The van der Waals surface area contributed by atoms with E-state index in [-0.39, 0.29) is 5.69 Å². The second kappa shape index (κ2) is 6.30. The number of tetrazole rings is 1. The zero-order valence-corrected chi connectivity index (χ0v) is 12.1. The van der Waals surface area contributed by atoms with Crippen molar-refractivity contribution in [2.24, 2.45) is 5.10 Å². The van der Waals surface area contributed by atoms with Crippen molar-refractivity contribution < 1.29 is 8.78 Å². The van der Waals surface area contributed by atoms with Crippen LogP contribution < -0.4 is 5.43 Å². The molecule has 23 heavy (non-hydrogen) atoms. The van der Waals surface area contributed by atoms with Gasteiger partial charge in [-0.2, -0.15) is 5.10 Å². The number of aromatic nitrogens is 4. The monoisotopic (exact) mass is 314 g/mol. The third-order valence-electron chi connectivity index (χ3n) is 3.15. The fraction of sp³-hybridized carbons (Fsp3) is 0.0667. The summed E-state index contributed by atoms with van der Waals surface area (Å²) >= 11 is 0. The fourth-order valence-electron chi connectivity index (χ4n) is 1.94. The van der Waals surface area contributed by atoms with Crippen molar-refractivity contribution >= 4 is 11.4 Å². The minimum absolute atomic E-state index is 0.0994. The molecule has 1 heterocycles. The van der Waals surface area contributed by atoms with Gasteiger partial charge in [0, 0.05) is 6.07 Å². The molecule has 0 aliphatic heterocycles.